The summed E-state index contributed by atoms with van der Waals surface area (Å²) < 4.78 is 0. The van der Waals surface area contributed by atoms with Gasteiger partial charge in [0.05, 0.1) is 11.8 Å². The van der Waals surface area contributed by atoms with Crippen molar-refractivity contribution in [2.75, 3.05) is 0 Å². The Kier molecular flexibility index (Phi) is 3.01. The van der Waals surface area contributed by atoms with E-state index in [2.05, 4.69) is 0 Å². The fraction of sp³-hybridized carbons (Fsp3) is 0.176. The topological polar surface area (TPSA) is 74.6 Å². The second-order valence-corrected chi connectivity index (χ2v) is 5.23. The van der Waals surface area contributed by atoms with Gasteiger partial charge in [-0.15, -0.1) is 0 Å². The minimum atomic E-state index is -1.07. The molecular weight excluding hydrogens is 268 g/mol. The summed E-state index contributed by atoms with van der Waals surface area (Å²) in [7, 11) is 0. The molecule has 3 rings (SSSR count). The van der Waals surface area contributed by atoms with Gasteiger partial charge in [0.25, 0.3) is 0 Å². The molecule has 1 fully saturated rings. The van der Waals surface area contributed by atoms with Crippen molar-refractivity contribution in [1.29, 1.82) is 0 Å². The third-order valence-electron chi connectivity index (χ3n) is 4.24. The lowest BCUT2D eigenvalue weighted by Crippen LogP contribution is -2.18. The van der Waals surface area contributed by atoms with E-state index in [1.807, 2.05) is 12.1 Å². The Labute approximate surface area is 121 Å². The molecule has 2 unspecified atom stereocenters. The maximum Gasteiger partial charge on any atom is 0.308 e. The summed E-state index contributed by atoms with van der Waals surface area (Å²) in [6.07, 6.45) is 0. The Morgan fingerprint density at radius 2 is 1.05 bits per heavy atom. The molecule has 106 valence electrons. The van der Waals surface area contributed by atoms with Crippen molar-refractivity contribution in [3.63, 3.8) is 0 Å². The molecule has 0 radical (unpaired) electrons. The van der Waals surface area contributed by atoms with Gasteiger partial charge in [-0.2, -0.15) is 0 Å². The standard InChI is InChI=1S/C17H14O4/c18-15(19)13-14(16(20)21)17(13,11-7-3-1-4-8-11)12-9-5-2-6-10-12/h1-10,13-14H,(H,18,19)(H,20,21). The lowest BCUT2D eigenvalue weighted by Gasteiger charge is -2.18. The van der Waals surface area contributed by atoms with E-state index in [1.165, 1.54) is 0 Å². The largest absolute Gasteiger partial charge is 0.481 e. The molecular formula is C17H14O4. The van der Waals surface area contributed by atoms with E-state index in [0.717, 1.165) is 11.1 Å². The Bertz CT molecular complexity index is 617. The third-order valence-corrected chi connectivity index (χ3v) is 4.24. The van der Waals surface area contributed by atoms with Crippen molar-refractivity contribution < 1.29 is 19.8 Å². The van der Waals surface area contributed by atoms with Gasteiger partial charge in [-0.3, -0.25) is 9.59 Å². The van der Waals surface area contributed by atoms with Crippen molar-refractivity contribution in [2.24, 2.45) is 11.8 Å². The molecule has 2 aromatic carbocycles. The van der Waals surface area contributed by atoms with Crippen LogP contribution in [0.15, 0.2) is 60.7 Å². The van der Waals surface area contributed by atoms with Crippen LogP contribution < -0.4 is 0 Å². The summed E-state index contributed by atoms with van der Waals surface area (Å²) in [5, 5.41) is 18.9. The van der Waals surface area contributed by atoms with Crippen molar-refractivity contribution in [3.05, 3.63) is 71.8 Å². The van der Waals surface area contributed by atoms with Crippen LogP contribution in [0.3, 0.4) is 0 Å². The number of carbonyl (C=O) groups is 2. The number of carboxylic acids is 2. The molecule has 2 aromatic rings. The first-order valence-electron chi connectivity index (χ1n) is 6.66. The highest BCUT2D eigenvalue weighted by Gasteiger charge is 2.73. The minimum absolute atomic E-state index is 0.732. The predicted molar refractivity (Wildman–Crippen MR) is 75.9 cm³/mol. The lowest BCUT2D eigenvalue weighted by atomic mass is 9.84. The number of hydrogen-bond acceptors (Lipinski definition) is 2. The number of rotatable bonds is 4. The first kappa shape index (κ1) is 13.4. The Morgan fingerprint density at radius 1 is 0.714 bits per heavy atom. The van der Waals surface area contributed by atoms with Crippen LogP contribution in [0.2, 0.25) is 0 Å². The molecule has 2 N–H and O–H groups in total. The number of aliphatic carboxylic acids is 2. The normalized spacial score (nSPS) is 22.5. The predicted octanol–water partition coefficient (Wildman–Crippen LogP) is 2.39. The first-order valence-corrected chi connectivity index (χ1v) is 6.66. The molecule has 0 aromatic heterocycles. The second-order valence-electron chi connectivity index (χ2n) is 5.23. The van der Waals surface area contributed by atoms with Gasteiger partial charge in [0.2, 0.25) is 0 Å². The van der Waals surface area contributed by atoms with Gasteiger partial charge in [0.1, 0.15) is 0 Å². The van der Waals surface area contributed by atoms with Crippen LogP contribution in [0, 0.1) is 11.8 Å². The highest BCUT2D eigenvalue weighted by Crippen LogP contribution is 2.64. The number of benzene rings is 2. The van der Waals surface area contributed by atoms with Gasteiger partial charge >= 0.3 is 11.9 Å². The number of hydrogen-bond donors (Lipinski definition) is 2. The molecule has 21 heavy (non-hydrogen) atoms. The van der Waals surface area contributed by atoms with Crippen LogP contribution in [-0.4, -0.2) is 22.2 Å². The summed E-state index contributed by atoms with van der Waals surface area (Å²) >= 11 is 0. The highest BCUT2D eigenvalue weighted by atomic mass is 16.4. The summed E-state index contributed by atoms with van der Waals surface area (Å²) in [6.45, 7) is 0. The Balaban J connectivity index is 2.23. The highest BCUT2D eigenvalue weighted by molar-refractivity contribution is 5.92. The first-order chi connectivity index (χ1) is 10.1. The van der Waals surface area contributed by atoms with E-state index in [4.69, 9.17) is 0 Å². The van der Waals surface area contributed by atoms with Crippen LogP contribution in [0.25, 0.3) is 0 Å². The van der Waals surface area contributed by atoms with Crippen molar-refractivity contribution >= 4 is 11.9 Å². The summed E-state index contributed by atoms with van der Waals surface area (Å²) in [5.74, 6) is -4.04. The zero-order valence-electron chi connectivity index (χ0n) is 11.1. The average Bonchev–Trinajstić information content (AvgIpc) is 3.21. The second kappa shape index (κ2) is 4.74. The molecule has 0 heterocycles. The van der Waals surface area contributed by atoms with Crippen molar-refractivity contribution in [2.45, 2.75) is 5.41 Å². The SMILES string of the molecule is O=C(O)C1C(C(=O)O)C1(c1ccccc1)c1ccccc1. The molecule has 2 atom stereocenters. The Hall–Kier alpha value is -2.62. The van der Waals surface area contributed by atoms with Gasteiger partial charge in [-0.05, 0) is 11.1 Å². The molecule has 0 aliphatic heterocycles. The average molecular weight is 282 g/mol. The van der Waals surface area contributed by atoms with E-state index >= 15 is 0 Å². The maximum absolute atomic E-state index is 11.6. The molecule has 1 aliphatic carbocycles. The van der Waals surface area contributed by atoms with E-state index < -0.39 is 29.2 Å². The van der Waals surface area contributed by atoms with E-state index in [-0.39, 0.29) is 0 Å². The fourth-order valence-corrected chi connectivity index (χ4v) is 3.38. The molecule has 0 spiro atoms. The zero-order chi connectivity index (χ0) is 15.0. The van der Waals surface area contributed by atoms with Gasteiger partial charge < -0.3 is 10.2 Å². The monoisotopic (exact) mass is 282 g/mol. The zero-order valence-corrected chi connectivity index (χ0v) is 11.1. The number of carboxylic acid groups (broad SMARTS) is 2. The van der Waals surface area contributed by atoms with Crippen LogP contribution >= 0.6 is 0 Å². The molecule has 0 amide bonds. The fourth-order valence-electron chi connectivity index (χ4n) is 3.38. The smallest absolute Gasteiger partial charge is 0.308 e. The minimum Gasteiger partial charge on any atom is -0.481 e. The van der Waals surface area contributed by atoms with Gasteiger partial charge in [-0.25, -0.2) is 0 Å². The van der Waals surface area contributed by atoms with Gasteiger partial charge in [0, 0.05) is 5.41 Å². The summed E-state index contributed by atoms with van der Waals surface area (Å²) in [4.78, 5) is 23.2. The van der Waals surface area contributed by atoms with Crippen LogP contribution in [0.1, 0.15) is 11.1 Å². The third kappa shape index (κ3) is 1.83. The summed E-state index contributed by atoms with van der Waals surface area (Å²) in [5.41, 5.74) is 0.479. The summed E-state index contributed by atoms with van der Waals surface area (Å²) in [6, 6.07) is 18.1. The molecule has 4 heteroatoms. The van der Waals surface area contributed by atoms with Crippen molar-refractivity contribution in [3.8, 4) is 0 Å². The van der Waals surface area contributed by atoms with Crippen LogP contribution in [-0.2, 0) is 15.0 Å². The quantitative estimate of drug-likeness (QED) is 0.903. The lowest BCUT2D eigenvalue weighted by molar-refractivity contribution is -0.144. The van der Waals surface area contributed by atoms with Crippen molar-refractivity contribution in [1.82, 2.24) is 0 Å². The van der Waals surface area contributed by atoms with E-state index in [0.29, 0.717) is 0 Å². The van der Waals surface area contributed by atoms with E-state index in [1.54, 1.807) is 48.5 Å². The van der Waals surface area contributed by atoms with E-state index in [9.17, 15) is 19.8 Å². The molecule has 0 saturated heterocycles. The van der Waals surface area contributed by atoms with Crippen LogP contribution in [0.5, 0.6) is 0 Å². The molecule has 1 saturated carbocycles. The van der Waals surface area contributed by atoms with Gasteiger partial charge in [0.15, 0.2) is 0 Å². The molecule has 4 nitrogen and oxygen atoms in total. The van der Waals surface area contributed by atoms with Gasteiger partial charge in [-0.1, -0.05) is 60.7 Å². The maximum atomic E-state index is 11.6. The molecule has 0 bridgehead atoms. The Morgan fingerprint density at radius 3 is 1.33 bits per heavy atom. The van der Waals surface area contributed by atoms with Crippen LogP contribution in [0.4, 0.5) is 0 Å². The molecule has 1 aliphatic rings.